The molecule has 0 atom stereocenters. The molecule has 2 aromatic rings. The second-order valence-corrected chi connectivity index (χ2v) is 5.55. The van der Waals surface area contributed by atoms with E-state index in [0.717, 1.165) is 12.7 Å². The fraction of sp³-hybridized carbons (Fsp3) is 0.316. The number of rotatable bonds is 7. The Morgan fingerprint density at radius 1 is 1.19 bits per heavy atom. The SMILES string of the molecule is CCc1ccc(OCc2c(OC)cccc2N(O)C(=O)OC)c(C(F)F)c1. The molecule has 0 unspecified atom stereocenters. The third kappa shape index (κ3) is 4.65. The Balaban J connectivity index is 2.36. The first-order valence-corrected chi connectivity index (χ1v) is 8.19. The van der Waals surface area contributed by atoms with Crippen LogP contribution in [-0.2, 0) is 17.8 Å². The number of nitrogens with zero attached hydrogens (tertiary/aromatic N) is 1. The van der Waals surface area contributed by atoms with E-state index in [2.05, 4.69) is 4.74 Å². The number of halogens is 2. The van der Waals surface area contributed by atoms with E-state index in [1.807, 2.05) is 6.92 Å². The number of ether oxygens (including phenoxy) is 3. The van der Waals surface area contributed by atoms with Crippen molar-refractivity contribution in [3.8, 4) is 11.5 Å². The smallest absolute Gasteiger partial charge is 0.438 e. The van der Waals surface area contributed by atoms with Gasteiger partial charge < -0.3 is 14.2 Å². The van der Waals surface area contributed by atoms with Crippen molar-refractivity contribution < 1.29 is 33.0 Å². The Hall–Kier alpha value is -2.87. The molecule has 0 aliphatic heterocycles. The summed E-state index contributed by atoms with van der Waals surface area (Å²) in [6, 6.07) is 9.19. The number of hydrogen-bond donors (Lipinski definition) is 1. The highest BCUT2D eigenvalue weighted by Gasteiger charge is 2.22. The van der Waals surface area contributed by atoms with Crippen LogP contribution in [0, 0.1) is 0 Å². The lowest BCUT2D eigenvalue weighted by Crippen LogP contribution is -2.28. The Morgan fingerprint density at radius 2 is 1.93 bits per heavy atom. The van der Waals surface area contributed by atoms with Crippen LogP contribution in [0.2, 0.25) is 0 Å². The molecular formula is C19H21F2NO5. The van der Waals surface area contributed by atoms with Gasteiger partial charge >= 0.3 is 6.09 Å². The summed E-state index contributed by atoms with van der Waals surface area (Å²) < 4.78 is 42.0. The fourth-order valence-electron chi connectivity index (χ4n) is 2.54. The van der Waals surface area contributed by atoms with Crippen LogP contribution in [0.15, 0.2) is 36.4 Å². The number of alkyl halides is 2. The van der Waals surface area contributed by atoms with Crippen LogP contribution >= 0.6 is 0 Å². The maximum Gasteiger partial charge on any atom is 0.438 e. The number of methoxy groups -OCH3 is 2. The second-order valence-electron chi connectivity index (χ2n) is 5.55. The van der Waals surface area contributed by atoms with E-state index in [-0.39, 0.29) is 23.6 Å². The average molecular weight is 381 g/mol. The van der Waals surface area contributed by atoms with Crippen LogP contribution in [0.25, 0.3) is 0 Å². The summed E-state index contributed by atoms with van der Waals surface area (Å²) in [5, 5.41) is 10.3. The van der Waals surface area contributed by atoms with Crippen LogP contribution < -0.4 is 14.5 Å². The highest BCUT2D eigenvalue weighted by Crippen LogP contribution is 2.34. The van der Waals surface area contributed by atoms with Gasteiger partial charge in [-0.1, -0.05) is 19.1 Å². The summed E-state index contributed by atoms with van der Waals surface area (Å²) in [4.78, 5) is 11.6. The minimum Gasteiger partial charge on any atom is -0.496 e. The molecule has 27 heavy (non-hydrogen) atoms. The van der Waals surface area contributed by atoms with E-state index < -0.39 is 12.5 Å². The molecule has 0 aliphatic carbocycles. The molecule has 0 spiro atoms. The van der Waals surface area contributed by atoms with Gasteiger partial charge in [0.2, 0.25) is 0 Å². The largest absolute Gasteiger partial charge is 0.496 e. The Bertz CT molecular complexity index is 798. The second kappa shape index (κ2) is 9.18. The minimum absolute atomic E-state index is 0.0154. The first-order chi connectivity index (χ1) is 12.9. The third-order valence-electron chi connectivity index (χ3n) is 3.99. The van der Waals surface area contributed by atoms with Gasteiger partial charge in [-0.2, -0.15) is 5.06 Å². The Kier molecular flexibility index (Phi) is 6.95. The lowest BCUT2D eigenvalue weighted by molar-refractivity contribution is 0.140. The Morgan fingerprint density at radius 3 is 2.52 bits per heavy atom. The summed E-state index contributed by atoms with van der Waals surface area (Å²) in [6.45, 7) is 1.66. The molecule has 0 bridgehead atoms. The molecule has 0 aliphatic rings. The number of anilines is 1. The standard InChI is InChI=1S/C19H21F2NO5/c1-4-12-8-9-17(13(10-12)18(20)21)27-11-14-15(22(24)19(23)26-3)6-5-7-16(14)25-2/h5-10,18,24H,4,11H2,1-3H3. The topological polar surface area (TPSA) is 68.2 Å². The zero-order valence-corrected chi connectivity index (χ0v) is 15.2. The van der Waals surface area contributed by atoms with Gasteiger partial charge in [-0.05, 0) is 36.2 Å². The van der Waals surface area contributed by atoms with Crippen molar-refractivity contribution in [2.75, 3.05) is 19.3 Å². The molecule has 0 fully saturated rings. The van der Waals surface area contributed by atoms with Gasteiger partial charge in [0.05, 0.1) is 31.0 Å². The molecule has 2 aromatic carbocycles. The van der Waals surface area contributed by atoms with Gasteiger partial charge in [-0.25, -0.2) is 13.6 Å². The normalized spacial score (nSPS) is 10.6. The van der Waals surface area contributed by atoms with E-state index in [9.17, 15) is 18.8 Å². The average Bonchev–Trinajstić information content (AvgIpc) is 2.70. The van der Waals surface area contributed by atoms with Crippen molar-refractivity contribution in [3.63, 3.8) is 0 Å². The molecule has 8 heteroatoms. The number of carbonyl (C=O) groups is 1. The van der Waals surface area contributed by atoms with E-state index in [0.29, 0.717) is 22.8 Å². The number of carbonyl (C=O) groups excluding carboxylic acids is 1. The van der Waals surface area contributed by atoms with Crippen LogP contribution in [0.5, 0.6) is 11.5 Å². The molecule has 0 saturated heterocycles. The maximum absolute atomic E-state index is 13.4. The zero-order chi connectivity index (χ0) is 20.0. The number of benzene rings is 2. The van der Waals surface area contributed by atoms with Gasteiger partial charge in [0.1, 0.15) is 18.1 Å². The molecule has 0 heterocycles. The van der Waals surface area contributed by atoms with Gasteiger partial charge in [0, 0.05) is 0 Å². The summed E-state index contributed by atoms with van der Waals surface area (Å²) in [5.41, 5.74) is 0.903. The maximum atomic E-state index is 13.4. The molecule has 0 saturated carbocycles. The lowest BCUT2D eigenvalue weighted by Gasteiger charge is -2.20. The molecule has 0 aromatic heterocycles. The van der Waals surface area contributed by atoms with Crippen LogP contribution in [0.4, 0.5) is 19.3 Å². The third-order valence-corrected chi connectivity index (χ3v) is 3.99. The van der Waals surface area contributed by atoms with Gasteiger partial charge in [0.25, 0.3) is 6.43 Å². The number of hydroxylamine groups is 1. The predicted molar refractivity (Wildman–Crippen MR) is 94.8 cm³/mol. The van der Waals surface area contributed by atoms with E-state index in [4.69, 9.17) is 9.47 Å². The van der Waals surface area contributed by atoms with E-state index in [1.165, 1.54) is 25.3 Å². The Labute approximate surface area is 155 Å². The molecule has 0 radical (unpaired) electrons. The summed E-state index contributed by atoms with van der Waals surface area (Å²) in [6.07, 6.45) is -3.09. The monoisotopic (exact) mass is 381 g/mol. The lowest BCUT2D eigenvalue weighted by atomic mass is 10.1. The molecule has 1 N–H and O–H groups in total. The quantitative estimate of drug-likeness (QED) is 0.554. The number of hydrogen-bond acceptors (Lipinski definition) is 5. The van der Waals surface area contributed by atoms with Crippen molar-refractivity contribution in [2.45, 2.75) is 26.4 Å². The van der Waals surface area contributed by atoms with Crippen molar-refractivity contribution in [1.29, 1.82) is 0 Å². The van der Waals surface area contributed by atoms with Crippen LogP contribution in [0.3, 0.4) is 0 Å². The van der Waals surface area contributed by atoms with Gasteiger partial charge in [-0.3, -0.25) is 5.21 Å². The molecule has 1 amide bonds. The predicted octanol–water partition coefficient (Wildman–Crippen LogP) is 4.74. The van der Waals surface area contributed by atoms with Crippen LogP contribution in [0.1, 0.15) is 30.0 Å². The molecule has 2 rings (SSSR count). The van der Waals surface area contributed by atoms with Gasteiger partial charge in [-0.15, -0.1) is 0 Å². The van der Waals surface area contributed by atoms with Crippen molar-refractivity contribution in [2.24, 2.45) is 0 Å². The highest BCUT2D eigenvalue weighted by atomic mass is 19.3. The van der Waals surface area contributed by atoms with Crippen LogP contribution in [-0.4, -0.2) is 25.5 Å². The van der Waals surface area contributed by atoms with E-state index in [1.54, 1.807) is 18.2 Å². The summed E-state index contributed by atoms with van der Waals surface area (Å²) >= 11 is 0. The first kappa shape index (κ1) is 20.4. The fourth-order valence-corrected chi connectivity index (χ4v) is 2.54. The van der Waals surface area contributed by atoms with Crippen molar-refractivity contribution in [1.82, 2.24) is 0 Å². The molecular weight excluding hydrogens is 360 g/mol. The van der Waals surface area contributed by atoms with Gasteiger partial charge in [0.15, 0.2) is 0 Å². The zero-order valence-electron chi connectivity index (χ0n) is 15.2. The number of aryl methyl sites for hydroxylation is 1. The summed E-state index contributed by atoms with van der Waals surface area (Å²) in [7, 11) is 2.52. The highest BCUT2D eigenvalue weighted by molar-refractivity contribution is 5.86. The number of amides is 1. The van der Waals surface area contributed by atoms with E-state index >= 15 is 0 Å². The minimum atomic E-state index is -2.70. The molecule has 6 nitrogen and oxygen atoms in total. The summed E-state index contributed by atoms with van der Waals surface area (Å²) in [5.74, 6) is 0.334. The van der Waals surface area contributed by atoms with Crippen molar-refractivity contribution in [3.05, 3.63) is 53.1 Å². The molecule has 146 valence electrons. The first-order valence-electron chi connectivity index (χ1n) is 8.19. The van der Waals surface area contributed by atoms with Crippen molar-refractivity contribution >= 4 is 11.8 Å².